The minimum Gasteiger partial charge on any atom is -0.478 e. The highest BCUT2D eigenvalue weighted by Gasteiger charge is 2.33. The van der Waals surface area contributed by atoms with Crippen molar-refractivity contribution in [3.63, 3.8) is 0 Å². The van der Waals surface area contributed by atoms with Crippen molar-refractivity contribution in [2.24, 2.45) is 0 Å². The molecule has 1 aromatic rings. The molecule has 0 N–H and O–H groups in total. The van der Waals surface area contributed by atoms with E-state index in [9.17, 15) is 9.59 Å². The number of fused-ring (bicyclic) bond motifs is 1. The van der Waals surface area contributed by atoms with Gasteiger partial charge in [0.2, 0.25) is 5.91 Å². The first-order chi connectivity index (χ1) is 12.5. The van der Waals surface area contributed by atoms with Gasteiger partial charge in [0.05, 0.1) is 5.69 Å². The van der Waals surface area contributed by atoms with Gasteiger partial charge in [-0.05, 0) is 51.5 Å². The van der Waals surface area contributed by atoms with Crippen molar-refractivity contribution in [3.05, 3.63) is 24.3 Å². The molecule has 0 radical (unpaired) electrons. The van der Waals surface area contributed by atoms with Crippen LogP contribution in [0.4, 0.5) is 5.69 Å². The Balaban J connectivity index is 1.64. The van der Waals surface area contributed by atoms with Crippen LogP contribution >= 0.6 is 0 Å². The molecule has 6 heteroatoms. The fourth-order valence-electron chi connectivity index (χ4n) is 3.73. The Kier molecular flexibility index (Phi) is 5.81. The first-order valence-electron chi connectivity index (χ1n) is 9.52. The SMILES string of the molecule is CCC1Oc2ccccc2N(CCC(=O)N(C)C2CCN(C)CC2)C1=O. The lowest BCUT2D eigenvalue weighted by atomic mass is 10.0. The Labute approximate surface area is 155 Å². The largest absolute Gasteiger partial charge is 0.478 e. The van der Waals surface area contributed by atoms with Crippen LogP contribution in [0.1, 0.15) is 32.6 Å². The maximum Gasteiger partial charge on any atom is 0.268 e. The van der Waals surface area contributed by atoms with Gasteiger partial charge in [0.25, 0.3) is 5.91 Å². The standard InChI is InChI=1S/C20H29N3O3/c1-4-17-20(25)23(16-7-5-6-8-18(16)26-17)14-11-19(24)22(3)15-9-12-21(2)13-10-15/h5-8,15,17H,4,9-14H2,1-3H3. The van der Waals surface area contributed by atoms with Crippen LogP contribution in [0.3, 0.4) is 0 Å². The first-order valence-corrected chi connectivity index (χ1v) is 9.52. The fraction of sp³-hybridized carbons (Fsp3) is 0.600. The normalized spacial score (nSPS) is 21.3. The zero-order chi connectivity index (χ0) is 18.7. The van der Waals surface area contributed by atoms with Gasteiger partial charge in [-0.15, -0.1) is 0 Å². The fourth-order valence-corrected chi connectivity index (χ4v) is 3.73. The van der Waals surface area contributed by atoms with Crippen LogP contribution < -0.4 is 9.64 Å². The summed E-state index contributed by atoms with van der Waals surface area (Å²) in [7, 11) is 4.01. The average molecular weight is 359 g/mol. The number of anilines is 1. The van der Waals surface area contributed by atoms with Gasteiger partial charge >= 0.3 is 0 Å². The van der Waals surface area contributed by atoms with E-state index >= 15 is 0 Å². The van der Waals surface area contributed by atoms with E-state index in [1.165, 1.54) is 0 Å². The van der Waals surface area contributed by atoms with Crippen molar-refractivity contribution in [2.45, 2.75) is 44.8 Å². The molecule has 3 rings (SSSR count). The summed E-state index contributed by atoms with van der Waals surface area (Å²) in [6, 6.07) is 7.85. The summed E-state index contributed by atoms with van der Waals surface area (Å²) in [5.41, 5.74) is 0.761. The summed E-state index contributed by atoms with van der Waals surface area (Å²) in [6.07, 6.45) is 2.50. The summed E-state index contributed by atoms with van der Waals surface area (Å²) in [4.78, 5) is 31.3. The van der Waals surface area contributed by atoms with E-state index in [2.05, 4.69) is 11.9 Å². The number of carbonyl (C=O) groups excluding carboxylic acids is 2. The highest BCUT2D eigenvalue weighted by atomic mass is 16.5. The lowest BCUT2D eigenvalue weighted by Crippen LogP contribution is -2.48. The molecule has 1 atom stereocenters. The number of amides is 2. The van der Waals surface area contributed by atoms with Gasteiger partial charge in [0, 0.05) is 26.1 Å². The molecule has 2 heterocycles. The lowest BCUT2D eigenvalue weighted by molar-refractivity contribution is -0.132. The summed E-state index contributed by atoms with van der Waals surface area (Å²) in [5, 5.41) is 0. The van der Waals surface area contributed by atoms with Crippen molar-refractivity contribution >= 4 is 17.5 Å². The van der Waals surface area contributed by atoms with E-state index in [1.807, 2.05) is 43.1 Å². The predicted molar refractivity (Wildman–Crippen MR) is 101 cm³/mol. The highest BCUT2D eigenvalue weighted by molar-refractivity contribution is 6.00. The molecule has 26 heavy (non-hydrogen) atoms. The molecule has 6 nitrogen and oxygen atoms in total. The lowest BCUT2D eigenvalue weighted by Gasteiger charge is -2.36. The van der Waals surface area contributed by atoms with Crippen LogP contribution in [0.15, 0.2) is 24.3 Å². The van der Waals surface area contributed by atoms with Gasteiger partial charge in [0.15, 0.2) is 6.10 Å². The molecule has 2 aliphatic rings. The summed E-state index contributed by atoms with van der Waals surface area (Å²) in [5.74, 6) is 0.764. The van der Waals surface area contributed by atoms with Gasteiger partial charge in [0.1, 0.15) is 5.75 Å². The number of carbonyl (C=O) groups is 2. The van der Waals surface area contributed by atoms with Gasteiger partial charge < -0.3 is 19.4 Å². The number of hydrogen-bond acceptors (Lipinski definition) is 4. The molecule has 2 amide bonds. The number of likely N-dealkylation sites (tertiary alicyclic amines) is 1. The third kappa shape index (κ3) is 3.85. The van der Waals surface area contributed by atoms with Gasteiger partial charge in [-0.3, -0.25) is 9.59 Å². The molecule has 0 saturated carbocycles. The minimum absolute atomic E-state index is 0.0547. The number of nitrogens with zero attached hydrogens (tertiary/aromatic N) is 3. The summed E-state index contributed by atoms with van der Waals surface area (Å²) >= 11 is 0. The number of ether oxygens (including phenoxy) is 1. The number of rotatable bonds is 5. The Morgan fingerprint density at radius 1 is 1.27 bits per heavy atom. The molecule has 1 aromatic carbocycles. The van der Waals surface area contributed by atoms with Crippen molar-refractivity contribution in [2.75, 3.05) is 38.6 Å². The van der Waals surface area contributed by atoms with E-state index in [0.717, 1.165) is 37.4 Å². The average Bonchev–Trinajstić information content (AvgIpc) is 2.66. The van der Waals surface area contributed by atoms with E-state index in [-0.39, 0.29) is 11.8 Å². The Hall–Kier alpha value is -2.08. The maximum atomic E-state index is 12.7. The molecular formula is C20H29N3O3. The molecule has 1 unspecified atom stereocenters. The van der Waals surface area contributed by atoms with Gasteiger partial charge in [-0.25, -0.2) is 0 Å². The molecule has 0 aliphatic carbocycles. The molecule has 1 saturated heterocycles. The predicted octanol–water partition coefficient (Wildman–Crippen LogP) is 2.13. The van der Waals surface area contributed by atoms with E-state index in [4.69, 9.17) is 4.74 Å². The molecule has 1 fully saturated rings. The third-order valence-corrected chi connectivity index (χ3v) is 5.52. The third-order valence-electron chi connectivity index (χ3n) is 5.52. The summed E-state index contributed by atoms with van der Waals surface area (Å²) < 4.78 is 5.79. The number of para-hydroxylation sites is 2. The zero-order valence-corrected chi connectivity index (χ0v) is 16.0. The van der Waals surface area contributed by atoms with Gasteiger partial charge in [-0.1, -0.05) is 19.1 Å². The van der Waals surface area contributed by atoms with Crippen LogP contribution in [0.5, 0.6) is 5.75 Å². The minimum atomic E-state index is -0.466. The van der Waals surface area contributed by atoms with Crippen molar-refractivity contribution in [1.29, 1.82) is 0 Å². The smallest absolute Gasteiger partial charge is 0.268 e. The van der Waals surface area contributed by atoms with Crippen LogP contribution in [-0.4, -0.2) is 67.5 Å². The van der Waals surface area contributed by atoms with Crippen LogP contribution in [0.25, 0.3) is 0 Å². The van der Waals surface area contributed by atoms with Crippen LogP contribution in [0.2, 0.25) is 0 Å². The van der Waals surface area contributed by atoms with Crippen molar-refractivity contribution in [1.82, 2.24) is 9.80 Å². The summed E-state index contributed by atoms with van der Waals surface area (Å²) in [6.45, 7) is 4.38. The quantitative estimate of drug-likeness (QED) is 0.808. The van der Waals surface area contributed by atoms with E-state index in [0.29, 0.717) is 25.4 Å². The van der Waals surface area contributed by atoms with Crippen molar-refractivity contribution in [3.8, 4) is 5.75 Å². The number of piperidine rings is 1. The Bertz CT molecular complexity index is 655. The molecular weight excluding hydrogens is 330 g/mol. The molecule has 0 aromatic heterocycles. The molecule has 2 aliphatic heterocycles. The molecule has 0 spiro atoms. The highest BCUT2D eigenvalue weighted by Crippen LogP contribution is 2.34. The molecule has 142 valence electrons. The van der Waals surface area contributed by atoms with Crippen molar-refractivity contribution < 1.29 is 14.3 Å². The van der Waals surface area contributed by atoms with Crippen LogP contribution in [-0.2, 0) is 9.59 Å². The second-order valence-corrected chi connectivity index (χ2v) is 7.26. The zero-order valence-electron chi connectivity index (χ0n) is 16.0. The topological polar surface area (TPSA) is 53.1 Å². The van der Waals surface area contributed by atoms with Gasteiger partial charge in [-0.2, -0.15) is 0 Å². The number of hydrogen-bond donors (Lipinski definition) is 0. The van der Waals surface area contributed by atoms with E-state index in [1.54, 1.807) is 4.90 Å². The second kappa shape index (κ2) is 8.08. The Morgan fingerprint density at radius 3 is 2.65 bits per heavy atom. The number of benzene rings is 1. The second-order valence-electron chi connectivity index (χ2n) is 7.26. The Morgan fingerprint density at radius 2 is 1.96 bits per heavy atom. The first kappa shape index (κ1) is 18.7. The van der Waals surface area contributed by atoms with E-state index < -0.39 is 6.10 Å². The monoisotopic (exact) mass is 359 g/mol. The van der Waals surface area contributed by atoms with Crippen LogP contribution in [0, 0.1) is 0 Å². The molecule has 0 bridgehead atoms. The maximum absolute atomic E-state index is 12.7.